The van der Waals surface area contributed by atoms with Crippen molar-refractivity contribution in [1.29, 1.82) is 0 Å². The predicted octanol–water partition coefficient (Wildman–Crippen LogP) is 3.41. The molecule has 2 unspecified atom stereocenters. The molecule has 1 aromatic rings. The van der Waals surface area contributed by atoms with Gasteiger partial charge in [0.2, 0.25) is 0 Å². The minimum Gasteiger partial charge on any atom is -0.387 e. The molecule has 0 radical (unpaired) electrons. The fraction of sp³-hybridized carbons (Fsp3) is 0.600. The van der Waals surface area contributed by atoms with Gasteiger partial charge in [0.05, 0.1) is 6.10 Å². The van der Waals surface area contributed by atoms with E-state index in [4.69, 9.17) is 0 Å². The summed E-state index contributed by atoms with van der Waals surface area (Å²) >= 11 is 0. The lowest BCUT2D eigenvalue weighted by molar-refractivity contribution is 0.0890. The molecule has 0 amide bonds. The normalized spacial score (nSPS) is 15.6. The van der Waals surface area contributed by atoms with Crippen LogP contribution in [0.15, 0.2) is 18.2 Å². The standard InChI is InChI=1S/C15H23F2NO/c1-9(2)13(18-15(3,4)5)14(19)10-6-7-11(16)12(17)8-10/h6-9,13-14,18-19H,1-5H3. The Kier molecular flexibility index (Phi) is 5.04. The highest BCUT2D eigenvalue weighted by Crippen LogP contribution is 2.25. The molecule has 0 aromatic heterocycles. The molecule has 2 nitrogen and oxygen atoms in total. The van der Waals surface area contributed by atoms with E-state index < -0.39 is 17.7 Å². The molecule has 0 saturated heterocycles. The topological polar surface area (TPSA) is 32.3 Å². The van der Waals surface area contributed by atoms with Gasteiger partial charge >= 0.3 is 0 Å². The molecular formula is C15H23F2NO. The Morgan fingerprint density at radius 1 is 1.11 bits per heavy atom. The molecule has 0 spiro atoms. The van der Waals surface area contributed by atoms with Gasteiger partial charge in [0, 0.05) is 11.6 Å². The van der Waals surface area contributed by atoms with Gasteiger partial charge in [0.25, 0.3) is 0 Å². The van der Waals surface area contributed by atoms with Crippen LogP contribution < -0.4 is 5.32 Å². The number of benzene rings is 1. The average Bonchev–Trinajstić information content (AvgIpc) is 2.27. The minimum absolute atomic E-state index is 0.155. The fourth-order valence-corrected chi connectivity index (χ4v) is 2.01. The molecule has 0 aliphatic rings. The summed E-state index contributed by atoms with van der Waals surface area (Å²) in [4.78, 5) is 0. The summed E-state index contributed by atoms with van der Waals surface area (Å²) < 4.78 is 26.2. The Bertz CT molecular complexity index is 427. The molecule has 0 heterocycles. The van der Waals surface area contributed by atoms with Crippen LogP contribution in [0.2, 0.25) is 0 Å². The van der Waals surface area contributed by atoms with E-state index in [9.17, 15) is 13.9 Å². The van der Waals surface area contributed by atoms with Crippen molar-refractivity contribution in [3.8, 4) is 0 Å². The molecule has 2 atom stereocenters. The van der Waals surface area contributed by atoms with E-state index >= 15 is 0 Å². The zero-order valence-corrected chi connectivity index (χ0v) is 12.2. The molecule has 2 N–H and O–H groups in total. The van der Waals surface area contributed by atoms with Gasteiger partial charge in [-0.15, -0.1) is 0 Å². The van der Waals surface area contributed by atoms with Crippen LogP contribution in [-0.4, -0.2) is 16.7 Å². The molecule has 0 bridgehead atoms. The van der Waals surface area contributed by atoms with Gasteiger partial charge in [-0.05, 0) is 44.4 Å². The first kappa shape index (κ1) is 16.1. The van der Waals surface area contributed by atoms with Gasteiger partial charge in [-0.2, -0.15) is 0 Å². The van der Waals surface area contributed by atoms with E-state index in [0.717, 1.165) is 12.1 Å². The maximum Gasteiger partial charge on any atom is 0.159 e. The van der Waals surface area contributed by atoms with Crippen molar-refractivity contribution in [3.05, 3.63) is 35.4 Å². The average molecular weight is 271 g/mol. The van der Waals surface area contributed by atoms with Crippen LogP contribution in [0.3, 0.4) is 0 Å². The molecule has 19 heavy (non-hydrogen) atoms. The van der Waals surface area contributed by atoms with Crippen molar-refractivity contribution >= 4 is 0 Å². The number of hydrogen-bond acceptors (Lipinski definition) is 2. The van der Waals surface area contributed by atoms with Crippen molar-refractivity contribution in [2.45, 2.75) is 52.3 Å². The van der Waals surface area contributed by atoms with Crippen LogP contribution in [-0.2, 0) is 0 Å². The second-order valence-electron chi connectivity index (χ2n) is 6.28. The van der Waals surface area contributed by atoms with E-state index in [0.29, 0.717) is 5.56 Å². The van der Waals surface area contributed by atoms with E-state index in [1.54, 1.807) is 0 Å². The lowest BCUT2D eigenvalue weighted by atomic mass is 9.91. The number of nitrogens with one attached hydrogen (secondary N) is 1. The maximum atomic E-state index is 13.2. The lowest BCUT2D eigenvalue weighted by Gasteiger charge is -2.34. The van der Waals surface area contributed by atoms with E-state index in [-0.39, 0.29) is 17.5 Å². The number of aliphatic hydroxyl groups is 1. The third-order valence-electron chi connectivity index (χ3n) is 2.94. The number of aliphatic hydroxyl groups excluding tert-OH is 1. The summed E-state index contributed by atoms with van der Waals surface area (Å²) in [6.07, 6.45) is -0.880. The van der Waals surface area contributed by atoms with Crippen LogP contribution in [0, 0.1) is 17.6 Å². The molecule has 0 saturated carbocycles. The first-order valence-electron chi connectivity index (χ1n) is 6.52. The van der Waals surface area contributed by atoms with Gasteiger partial charge < -0.3 is 10.4 Å². The summed E-state index contributed by atoms with van der Waals surface area (Å²) in [6, 6.07) is 3.29. The van der Waals surface area contributed by atoms with E-state index in [1.165, 1.54) is 6.07 Å². The zero-order valence-electron chi connectivity index (χ0n) is 12.2. The smallest absolute Gasteiger partial charge is 0.159 e. The maximum absolute atomic E-state index is 13.2. The van der Waals surface area contributed by atoms with E-state index in [2.05, 4.69) is 5.32 Å². The van der Waals surface area contributed by atoms with Crippen LogP contribution in [0.4, 0.5) is 8.78 Å². The fourth-order valence-electron chi connectivity index (χ4n) is 2.01. The van der Waals surface area contributed by atoms with Crippen LogP contribution in [0.5, 0.6) is 0 Å². The minimum atomic E-state index is -0.935. The quantitative estimate of drug-likeness (QED) is 0.879. The third-order valence-corrected chi connectivity index (χ3v) is 2.94. The van der Waals surface area contributed by atoms with Gasteiger partial charge in [0.15, 0.2) is 11.6 Å². The highest BCUT2D eigenvalue weighted by molar-refractivity contribution is 5.21. The largest absolute Gasteiger partial charge is 0.387 e. The van der Waals surface area contributed by atoms with Gasteiger partial charge in [-0.25, -0.2) is 8.78 Å². The van der Waals surface area contributed by atoms with Gasteiger partial charge in [0.1, 0.15) is 0 Å². The summed E-state index contributed by atoms with van der Waals surface area (Å²) in [5.74, 6) is -1.68. The number of rotatable bonds is 4. The molecule has 108 valence electrons. The van der Waals surface area contributed by atoms with E-state index in [1.807, 2.05) is 34.6 Å². The summed E-state index contributed by atoms with van der Waals surface area (Å²) in [5.41, 5.74) is 0.212. The van der Waals surface area contributed by atoms with Crippen molar-refractivity contribution < 1.29 is 13.9 Å². The monoisotopic (exact) mass is 271 g/mol. The van der Waals surface area contributed by atoms with Crippen molar-refractivity contribution in [3.63, 3.8) is 0 Å². The molecule has 4 heteroatoms. The highest BCUT2D eigenvalue weighted by Gasteiger charge is 2.28. The number of halogens is 2. The second-order valence-corrected chi connectivity index (χ2v) is 6.28. The van der Waals surface area contributed by atoms with Gasteiger partial charge in [-0.1, -0.05) is 19.9 Å². The molecule has 1 rings (SSSR count). The van der Waals surface area contributed by atoms with Crippen molar-refractivity contribution in [2.24, 2.45) is 5.92 Å². The Hall–Kier alpha value is -1.00. The predicted molar refractivity (Wildman–Crippen MR) is 72.8 cm³/mol. The lowest BCUT2D eigenvalue weighted by Crippen LogP contribution is -2.49. The summed E-state index contributed by atoms with van der Waals surface area (Å²) in [7, 11) is 0. The Labute approximate surface area is 113 Å². The zero-order chi connectivity index (χ0) is 14.8. The first-order chi connectivity index (χ1) is 8.61. The SMILES string of the molecule is CC(C)C(NC(C)(C)C)C(O)c1ccc(F)c(F)c1. The molecule has 0 fully saturated rings. The van der Waals surface area contributed by atoms with Crippen LogP contribution >= 0.6 is 0 Å². The molecule has 0 aliphatic carbocycles. The Morgan fingerprint density at radius 2 is 1.68 bits per heavy atom. The molecule has 0 aliphatic heterocycles. The Balaban J connectivity index is 2.99. The molecular weight excluding hydrogens is 248 g/mol. The first-order valence-corrected chi connectivity index (χ1v) is 6.52. The van der Waals surface area contributed by atoms with Gasteiger partial charge in [-0.3, -0.25) is 0 Å². The van der Waals surface area contributed by atoms with Crippen LogP contribution in [0.1, 0.15) is 46.3 Å². The number of hydrogen-bond donors (Lipinski definition) is 2. The van der Waals surface area contributed by atoms with Crippen molar-refractivity contribution in [1.82, 2.24) is 5.32 Å². The molecule has 1 aromatic carbocycles. The third kappa shape index (κ3) is 4.55. The van der Waals surface area contributed by atoms with Crippen molar-refractivity contribution in [2.75, 3.05) is 0 Å². The Morgan fingerprint density at radius 3 is 2.11 bits per heavy atom. The highest BCUT2D eigenvalue weighted by atomic mass is 19.2. The summed E-state index contributed by atoms with van der Waals surface area (Å²) in [6.45, 7) is 9.96. The second kappa shape index (κ2) is 5.97. The summed E-state index contributed by atoms with van der Waals surface area (Å²) in [5, 5.41) is 13.7. The van der Waals surface area contributed by atoms with Crippen LogP contribution in [0.25, 0.3) is 0 Å².